The second kappa shape index (κ2) is 7.89. The van der Waals surface area contributed by atoms with Crippen LogP contribution in [-0.2, 0) is 34.6 Å². The Morgan fingerprint density at radius 2 is 2.27 bits per heavy atom. The lowest BCUT2D eigenvalue weighted by Gasteiger charge is -2.21. The largest absolute Gasteiger partial charge is 0.353 e. The van der Waals surface area contributed by atoms with E-state index in [2.05, 4.69) is 21.0 Å². The van der Waals surface area contributed by atoms with E-state index in [1.165, 1.54) is 5.56 Å². The van der Waals surface area contributed by atoms with Crippen LogP contribution in [0.1, 0.15) is 18.3 Å². The molecule has 0 saturated carbocycles. The van der Waals surface area contributed by atoms with Crippen molar-refractivity contribution in [1.82, 2.24) is 20.2 Å². The molecule has 2 N–H and O–H groups in total. The van der Waals surface area contributed by atoms with Gasteiger partial charge in [-0.25, -0.2) is 13.4 Å². The molecule has 1 fully saturated rings. The Kier molecular flexibility index (Phi) is 5.79. The number of aromatic nitrogens is 2. The van der Waals surface area contributed by atoms with Crippen LogP contribution >= 0.6 is 11.3 Å². The van der Waals surface area contributed by atoms with Gasteiger partial charge in [-0.1, -0.05) is 0 Å². The highest BCUT2D eigenvalue weighted by Crippen LogP contribution is 2.21. The van der Waals surface area contributed by atoms with Gasteiger partial charge in [-0.2, -0.15) is 11.3 Å². The summed E-state index contributed by atoms with van der Waals surface area (Å²) in [6.45, 7) is 2.37. The van der Waals surface area contributed by atoms with Crippen molar-refractivity contribution in [1.29, 1.82) is 0 Å². The molecule has 1 aliphatic rings. The molecule has 1 amide bonds. The molecule has 0 radical (unpaired) electrons. The van der Waals surface area contributed by atoms with E-state index in [0.29, 0.717) is 6.54 Å². The van der Waals surface area contributed by atoms with Gasteiger partial charge < -0.3 is 15.2 Å². The van der Waals surface area contributed by atoms with Crippen molar-refractivity contribution in [3.63, 3.8) is 0 Å². The summed E-state index contributed by atoms with van der Waals surface area (Å²) in [4.78, 5) is 16.9. The summed E-state index contributed by atoms with van der Waals surface area (Å²) in [7, 11) is -1.34. The summed E-state index contributed by atoms with van der Waals surface area (Å²) in [6.07, 6.45) is 4.26. The Balaban J connectivity index is 1.61. The molecule has 0 aromatic carbocycles. The number of nitrogens with zero attached hydrogens (tertiary/aromatic N) is 2. The van der Waals surface area contributed by atoms with E-state index in [1.807, 2.05) is 36.2 Å². The zero-order chi connectivity index (χ0) is 18.7. The first-order valence-electron chi connectivity index (χ1n) is 8.55. The van der Waals surface area contributed by atoms with E-state index in [4.69, 9.17) is 0 Å². The van der Waals surface area contributed by atoms with E-state index in [0.717, 1.165) is 12.2 Å². The van der Waals surface area contributed by atoms with Crippen molar-refractivity contribution in [3.05, 3.63) is 40.6 Å². The Labute approximate surface area is 157 Å². The molecule has 0 spiro atoms. The van der Waals surface area contributed by atoms with Gasteiger partial charge in [0.25, 0.3) is 0 Å². The molecule has 1 unspecified atom stereocenters. The monoisotopic (exact) mass is 396 g/mol. The van der Waals surface area contributed by atoms with E-state index in [9.17, 15) is 13.2 Å². The van der Waals surface area contributed by atoms with Crippen LogP contribution in [-0.4, -0.2) is 47.5 Å². The Morgan fingerprint density at radius 3 is 2.92 bits per heavy atom. The molecule has 1 aliphatic heterocycles. The van der Waals surface area contributed by atoms with Gasteiger partial charge in [-0.15, -0.1) is 0 Å². The van der Waals surface area contributed by atoms with Crippen molar-refractivity contribution in [2.45, 2.75) is 32.0 Å². The number of thiophene rings is 1. The fourth-order valence-corrected chi connectivity index (χ4v) is 5.91. The molecule has 2 aromatic heterocycles. The van der Waals surface area contributed by atoms with Crippen LogP contribution in [0, 0.1) is 5.92 Å². The fourth-order valence-electron chi connectivity index (χ4n) is 3.26. The van der Waals surface area contributed by atoms with Crippen molar-refractivity contribution >= 4 is 27.1 Å². The highest BCUT2D eigenvalue weighted by atomic mass is 32.2. The van der Waals surface area contributed by atoms with Crippen LogP contribution in [0.5, 0.6) is 0 Å². The van der Waals surface area contributed by atoms with Crippen molar-refractivity contribution in [2.24, 2.45) is 13.0 Å². The lowest BCUT2D eigenvalue weighted by atomic mass is 10.0. The molecule has 0 bridgehead atoms. The molecule has 2 aromatic rings. The van der Waals surface area contributed by atoms with Crippen molar-refractivity contribution in [3.8, 4) is 0 Å². The standard InChI is InChI=1S/C17H24N4O3S2/c1-12(7-13-3-6-25-9-13)20-17(22)14-10-26(23,24)11-15(14)19-8-16-18-4-5-21(16)2/h3-6,9,12,14-15,19H,7-8,10-11H2,1-2H3,(H,20,22)/t12?,14-,15-/m1/s1. The second-order valence-electron chi connectivity index (χ2n) is 6.87. The number of carbonyl (C=O) groups excluding carboxylic acids is 1. The minimum Gasteiger partial charge on any atom is -0.353 e. The van der Waals surface area contributed by atoms with Gasteiger partial charge in [0.15, 0.2) is 9.84 Å². The van der Waals surface area contributed by atoms with Crippen LogP contribution < -0.4 is 10.6 Å². The van der Waals surface area contributed by atoms with Crippen LogP contribution in [0.15, 0.2) is 29.2 Å². The number of carbonyl (C=O) groups is 1. The first-order chi connectivity index (χ1) is 12.3. The Hall–Kier alpha value is -1.71. The molecule has 9 heteroatoms. The smallest absolute Gasteiger partial charge is 0.225 e. The van der Waals surface area contributed by atoms with Gasteiger partial charge in [-0.3, -0.25) is 4.79 Å². The summed E-state index contributed by atoms with van der Waals surface area (Å²) < 4.78 is 26.0. The molecule has 3 atom stereocenters. The Bertz CT molecular complexity index is 845. The summed E-state index contributed by atoms with van der Waals surface area (Å²) in [5.74, 6) is -0.105. The average molecular weight is 397 g/mol. The lowest BCUT2D eigenvalue weighted by Crippen LogP contribution is -2.46. The van der Waals surface area contributed by atoms with Crippen LogP contribution in [0.2, 0.25) is 0 Å². The number of hydrogen-bond donors (Lipinski definition) is 2. The number of rotatable bonds is 7. The van der Waals surface area contributed by atoms with Gasteiger partial charge >= 0.3 is 0 Å². The maximum atomic E-state index is 12.7. The number of hydrogen-bond acceptors (Lipinski definition) is 6. The minimum atomic E-state index is -3.23. The van der Waals surface area contributed by atoms with E-state index in [1.54, 1.807) is 17.5 Å². The lowest BCUT2D eigenvalue weighted by molar-refractivity contribution is -0.125. The molecule has 7 nitrogen and oxygen atoms in total. The average Bonchev–Trinajstić information content (AvgIpc) is 3.26. The molecular formula is C17H24N4O3S2. The normalized spacial score (nSPS) is 23.0. The third kappa shape index (κ3) is 4.72. The number of aryl methyl sites for hydroxylation is 1. The molecule has 142 valence electrons. The highest BCUT2D eigenvalue weighted by molar-refractivity contribution is 7.91. The quantitative estimate of drug-likeness (QED) is 0.720. The van der Waals surface area contributed by atoms with Gasteiger partial charge in [0.1, 0.15) is 5.82 Å². The topological polar surface area (TPSA) is 93.1 Å². The van der Waals surface area contributed by atoms with Crippen LogP contribution in [0.25, 0.3) is 0 Å². The van der Waals surface area contributed by atoms with Gasteiger partial charge in [0.05, 0.1) is 24.0 Å². The molecule has 3 rings (SSSR count). The maximum Gasteiger partial charge on any atom is 0.225 e. The fraction of sp³-hybridized carbons (Fsp3) is 0.529. The van der Waals surface area contributed by atoms with E-state index in [-0.39, 0.29) is 23.5 Å². The van der Waals surface area contributed by atoms with E-state index < -0.39 is 21.8 Å². The zero-order valence-corrected chi connectivity index (χ0v) is 16.5. The van der Waals surface area contributed by atoms with Crippen molar-refractivity contribution in [2.75, 3.05) is 11.5 Å². The number of amides is 1. The second-order valence-corrected chi connectivity index (χ2v) is 9.80. The highest BCUT2D eigenvalue weighted by Gasteiger charge is 2.42. The number of imidazole rings is 1. The summed E-state index contributed by atoms with van der Waals surface area (Å²) in [5, 5.41) is 10.2. The van der Waals surface area contributed by atoms with Crippen LogP contribution in [0.3, 0.4) is 0 Å². The molecular weight excluding hydrogens is 372 g/mol. The zero-order valence-electron chi connectivity index (χ0n) is 14.9. The van der Waals surface area contributed by atoms with E-state index >= 15 is 0 Å². The van der Waals surface area contributed by atoms with Gasteiger partial charge in [0, 0.05) is 31.5 Å². The summed E-state index contributed by atoms with van der Waals surface area (Å²) >= 11 is 1.62. The summed E-state index contributed by atoms with van der Waals surface area (Å²) in [5.41, 5.74) is 1.17. The molecule has 26 heavy (non-hydrogen) atoms. The van der Waals surface area contributed by atoms with Crippen LogP contribution in [0.4, 0.5) is 0 Å². The predicted octanol–water partition coefficient (Wildman–Crippen LogP) is 0.732. The van der Waals surface area contributed by atoms with Crippen molar-refractivity contribution < 1.29 is 13.2 Å². The third-order valence-corrected chi connectivity index (χ3v) is 7.11. The Morgan fingerprint density at radius 1 is 1.46 bits per heavy atom. The summed E-state index contributed by atoms with van der Waals surface area (Å²) in [6, 6.07) is 1.59. The molecule has 0 aliphatic carbocycles. The predicted molar refractivity (Wildman–Crippen MR) is 102 cm³/mol. The minimum absolute atomic E-state index is 0.0194. The number of sulfone groups is 1. The SMILES string of the molecule is CC(Cc1ccsc1)NC(=O)[C@@H]1CS(=O)(=O)C[C@H]1NCc1nccn1C. The van der Waals surface area contributed by atoms with Gasteiger partial charge in [0.2, 0.25) is 5.91 Å². The number of nitrogens with one attached hydrogen (secondary N) is 2. The molecule has 3 heterocycles. The third-order valence-electron chi connectivity index (χ3n) is 4.64. The first-order valence-corrected chi connectivity index (χ1v) is 11.3. The molecule has 1 saturated heterocycles. The maximum absolute atomic E-state index is 12.7. The van der Waals surface area contributed by atoms with Gasteiger partial charge in [-0.05, 0) is 35.7 Å². The first kappa shape index (κ1) is 19.1.